The van der Waals surface area contributed by atoms with Crippen LogP contribution in [0.5, 0.6) is 0 Å². The average Bonchev–Trinajstić information content (AvgIpc) is 2.76. The number of carbonyl (C=O) groups excluding carboxylic acids is 1. The molecule has 0 spiro atoms. The molecule has 0 aliphatic carbocycles. The Morgan fingerprint density at radius 1 is 1.62 bits per heavy atom. The smallest absolute Gasteiger partial charge is 0.236 e. The monoisotopic (exact) mass is 301 g/mol. The Hall–Kier alpha value is -0.350. The third kappa shape index (κ3) is 2.48. The van der Waals surface area contributed by atoms with Gasteiger partial charge < -0.3 is 4.90 Å². The Labute approximate surface area is 109 Å². The first-order valence-electron chi connectivity index (χ1n) is 5.58. The van der Waals surface area contributed by atoms with Gasteiger partial charge in [0.15, 0.2) is 0 Å². The predicted octanol–water partition coefficient (Wildman–Crippen LogP) is 2.98. The van der Waals surface area contributed by atoms with Crippen LogP contribution in [0.4, 0.5) is 0 Å². The third-order valence-electron chi connectivity index (χ3n) is 3.00. The molecule has 2 heterocycles. The van der Waals surface area contributed by atoms with Crippen LogP contribution < -0.4 is 0 Å². The number of aryl methyl sites for hydroxylation is 1. The van der Waals surface area contributed by atoms with Crippen molar-refractivity contribution in [3.05, 3.63) is 21.9 Å². The summed E-state index contributed by atoms with van der Waals surface area (Å²) in [6, 6.07) is 4.63. The van der Waals surface area contributed by atoms with E-state index < -0.39 is 0 Å². The minimum Gasteiger partial charge on any atom is -0.339 e. The molecule has 0 saturated carbocycles. The van der Waals surface area contributed by atoms with Crippen LogP contribution in [0.25, 0.3) is 0 Å². The fourth-order valence-corrected chi connectivity index (χ4v) is 3.58. The van der Waals surface area contributed by atoms with E-state index in [4.69, 9.17) is 0 Å². The van der Waals surface area contributed by atoms with Crippen molar-refractivity contribution in [2.45, 2.75) is 37.6 Å². The lowest BCUT2D eigenvalue weighted by Crippen LogP contribution is -2.37. The zero-order chi connectivity index (χ0) is 11.7. The van der Waals surface area contributed by atoms with Crippen molar-refractivity contribution < 1.29 is 4.79 Å². The predicted molar refractivity (Wildman–Crippen MR) is 71.3 cm³/mol. The van der Waals surface area contributed by atoms with Crippen molar-refractivity contribution in [2.24, 2.45) is 0 Å². The van der Waals surface area contributed by atoms with Crippen molar-refractivity contribution in [2.75, 3.05) is 6.54 Å². The van der Waals surface area contributed by atoms with Gasteiger partial charge in [0.2, 0.25) is 5.91 Å². The summed E-state index contributed by atoms with van der Waals surface area (Å²) in [6.07, 6.45) is 1.91. The van der Waals surface area contributed by atoms with Crippen LogP contribution in [0, 0.1) is 6.92 Å². The van der Waals surface area contributed by atoms with Gasteiger partial charge in [-0.05, 0) is 32.4 Å². The molecule has 2 nitrogen and oxygen atoms in total. The first-order valence-corrected chi connectivity index (χ1v) is 7.31. The quantitative estimate of drug-likeness (QED) is 0.786. The fourth-order valence-electron chi connectivity index (χ4n) is 2.10. The maximum atomic E-state index is 11.8. The van der Waals surface area contributed by atoms with Crippen molar-refractivity contribution >= 4 is 33.2 Å². The summed E-state index contributed by atoms with van der Waals surface area (Å²) >= 11 is 5.24. The van der Waals surface area contributed by atoms with Crippen LogP contribution in [-0.4, -0.2) is 28.2 Å². The summed E-state index contributed by atoms with van der Waals surface area (Å²) in [5, 5.41) is 0. The van der Waals surface area contributed by atoms with E-state index in [0.717, 1.165) is 19.4 Å². The first-order chi connectivity index (χ1) is 7.58. The molecule has 1 aromatic heterocycles. The molecule has 1 aliphatic rings. The van der Waals surface area contributed by atoms with Gasteiger partial charge in [-0.25, -0.2) is 0 Å². The molecule has 1 saturated heterocycles. The van der Waals surface area contributed by atoms with E-state index in [0.29, 0.717) is 6.04 Å². The maximum absolute atomic E-state index is 11.8. The van der Waals surface area contributed by atoms with Crippen molar-refractivity contribution in [1.29, 1.82) is 0 Å². The van der Waals surface area contributed by atoms with Gasteiger partial charge in [-0.2, -0.15) is 0 Å². The highest BCUT2D eigenvalue weighted by Gasteiger charge is 2.32. The lowest BCUT2D eigenvalue weighted by atomic mass is 10.2. The zero-order valence-electron chi connectivity index (χ0n) is 9.57. The number of thiophene rings is 1. The van der Waals surface area contributed by atoms with Gasteiger partial charge >= 0.3 is 0 Å². The molecule has 1 aromatic rings. The summed E-state index contributed by atoms with van der Waals surface area (Å²) < 4.78 is 0. The van der Waals surface area contributed by atoms with Crippen LogP contribution in [-0.2, 0) is 11.2 Å². The molecular weight excluding hydrogens is 286 g/mol. The summed E-state index contributed by atoms with van der Waals surface area (Å²) in [6.45, 7) is 5.15. The topological polar surface area (TPSA) is 20.3 Å². The molecule has 1 aliphatic heterocycles. The van der Waals surface area contributed by atoms with Gasteiger partial charge in [0.05, 0.1) is 4.83 Å². The molecule has 2 unspecified atom stereocenters. The van der Waals surface area contributed by atoms with E-state index in [9.17, 15) is 4.79 Å². The number of likely N-dealkylation sites (tertiary alicyclic amines) is 1. The summed E-state index contributed by atoms with van der Waals surface area (Å²) in [4.78, 5) is 16.6. The van der Waals surface area contributed by atoms with Gasteiger partial charge in [-0.15, -0.1) is 11.3 Å². The Morgan fingerprint density at radius 3 is 2.88 bits per heavy atom. The van der Waals surface area contributed by atoms with E-state index >= 15 is 0 Å². The van der Waals surface area contributed by atoms with Gasteiger partial charge in [-0.3, -0.25) is 4.79 Å². The highest BCUT2D eigenvalue weighted by atomic mass is 79.9. The number of amides is 1. The van der Waals surface area contributed by atoms with Crippen LogP contribution in [0.1, 0.15) is 23.1 Å². The van der Waals surface area contributed by atoms with E-state index in [-0.39, 0.29) is 10.7 Å². The summed E-state index contributed by atoms with van der Waals surface area (Å²) in [5.41, 5.74) is 0. The highest BCUT2D eigenvalue weighted by Crippen LogP contribution is 2.24. The normalized spacial score (nSPS) is 22.8. The Kier molecular flexibility index (Phi) is 3.70. The highest BCUT2D eigenvalue weighted by molar-refractivity contribution is 9.10. The lowest BCUT2D eigenvalue weighted by Gasteiger charge is -2.23. The molecule has 0 aromatic carbocycles. The largest absolute Gasteiger partial charge is 0.339 e. The Balaban J connectivity index is 1.98. The standard InChI is InChI=1S/C12H16BrNOS/c1-8(7-10-4-3-9(2)16-10)14-6-5-11(13)12(14)15/h3-4,8,11H,5-7H2,1-2H3. The molecule has 16 heavy (non-hydrogen) atoms. The fraction of sp³-hybridized carbons (Fsp3) is 0.583. The third-order valence-corrected chi connectivity index (χ3v) is 4.87. The molecule has 0 N–H and O–H groups in total. The zero-order valence-corrected chi connectivity index (χ0v) is 12.0. The summed E-state index contributed by atoms with van der Waals surface area (Å²) in [7, 11) is 0. The minimum absolute atomic E-state index is 0.0417. The van der Waals surface area contributed by atoms with Gasteiger partial charge in [0.1, 0.15) is 0 Å². The number of nitrogens with zero attached hydrogens (tertiary/aromatic N) is 1. The lowest BCUT2D eigenvalue weighted by molar-refractivity contribution is -0.128. The number of rotatable bonds is 3. The number of carbonyl (C=O) groups is 1. The van der Waals surface area contributed by atoms with E-state index in [1.54, 1.807) is 0 Å². The molecule has 0 radical (unpaired) electrons. The summed E-state index contributed by atoms with van der Waals surface area (Å²) in [5.74, 6) is 0.251. The molecular formula is C12H16BrNOS. The second-order valence-electron chi connectivity index (χ2n) is 4.35. The van der Waals surface area contributed by atoms with Gasteiger partial charge in [0, 0.05) is 28.8 Å². The average molecular weight is 302 g/mol. The van der Waals surface area contributed by atoms with Crippen LogP contribution in [0.3, 0.4) is 0 Å². The molecule has 1 fully saturated rings. The van der Waals surface area contributed by atoms with Gasteiger partial charge in [-0.1, -0.05) is 15.9 Å². The number of halogens is 1. The Bertz CT molecular complexity index is 390. The molecule has 88 valence electrons. The van der Waals surface area contributed by atoms with Crippen molar-refractivity contribution in [3.8, 4) is 0 Å². The second-order valence-corrected chi connectivity index (χ2v) is 6.83. The number of hydrogen-bond donors (Lipinski definition) is 0. The molecule has 1 amide bonds. The molecule has 2 rings (SSSR count). The Morgan fingerprint density at radius 2 is 2.38 bits per heavy atom. The van der Waals surface area contributed by atoms with E-state index in [1.807, 2.05) is 16.2 Å². The van der Waals surface area contributed by atoms with E-state index in [1.165, 1.54) is 9.75 Å². The van der Waals surface area contributed by atoms with Crippen molar-refractivity contribution in [1.82, 2.24) is 4.90 Å². The van der Waals surface area contributed by atoms with Crippen molar-refractivity contribution in [3.63, 3.8) is 0 Å². The minimum atomic E-state index is 0.0417. The SMILES string of the molecule is Cc1ccc(CC(C)N2CCC(Br)C2=O)s1. The molecule has 2 atom stereocenters. The van der Waals surface area contributed by atoms with Crippen LogP contribution in [0.15, 0.2) is 12.1 Å². The van der Waals surface area contributed by atoms with E-state index in [2.05, 4.69) is 41.9 Å². The van der Waals surface area contributed by atoms with Crippen LogP contribution in [0.2, 0.25) is 0 Å². The molecule has 4 heteroatoms. The van der Waals surface area contributed by atoms with Gasteiger partial charge in [0.25, 0.3) is 0 Å². The number of hydrogen-bond acceptors (Lipinski definition) is 2. The first kappa shape index (κ1) is 12.1. The maximum Gasteiger partial charge on any atom is 0.236 e. The van der Waals surface area contributed by atoms with Crippen LogP contribution >= 0.6 is 27.3 Å². The molecule has 0 bridgehead atoms. The second kappa shape index (κ2) is 4.88. The number of alkyl halides is 1.